The van der Waals surface area contributed by atoms with Crippen LogP contribution in [0.1, 0.15) is 44.0 Å². The number of hydrogen-bond acceptors (Lipinski definition) is 3. The van der Waals surface area contributed by atoms with Crippen LogP contribution in [0.25, 0.3) is 0 Å². The SMILES string of the molecule is CCN(CC)c1ccc(N)cc1C(=O)N1CCCC(C)C1. The average molecular weight is 289 g/mol. The predicted octanol–water partition coefficient (Wildman–Crippen LogP) is 2.99. The first-order valence-electron chi connectivity index (χ1n) is 8.00. The lowest BCUT2D eigenvalue weighted by molar-refractivity contribution is 0.0683. The second kappa shape index (κ2) is 6.83. The molecule has 2 rings (SSSR count). The van der Waals surface area contributed by atoms with E-state index in [1.165, 1.54) is 6.42 Å². The molecule has 1 aliphatic rings. The standard InChI is InChI=1S/C17H27N3O/c1-4-19(5-2)16-9-8-14(18)11-15(16)17(21)20-10-6-7-13(3)12-20/h8-9,11,13H,4-7,10,12,18H2,1-3H3. The number of rotatable bonds is 4. The summed E-state index contributed by atoms with van der Waals surface area (Å²) in [5, 5.41) is 0. The minimum atomic E-state index is 0.121. The van der Waals surface area contributed by atoms with Crippen LogP contribution >= 0.6 is 0 Å². The van der Waals surface area contributed by atoms with Gasteiger partial charge in [-0.1, -0.05) is 6.92 Å². The van der Waals surface area contributed by atoms with Gasteiger partial charge in [-0.05, 0) is 50.8 Å². The van der Waals surface area contributed by atoms with Gasteiger partial charge in [0, 0.05) is 37.6 Å². The molecule has 1 heterocycles. The molecule has 1 unspecified atom stereocenters. The minimum absolute atomic E-state index is 0.121. The molecule has 4 nitrogen and oxygen atoms in total. The topological polar surface area (TPSA) is 49.6 Å². The van der Waals surface area contributed by atoms with E-state index < -0.39 is 0 Å². The van der Waals surface area contributed by atoms with E-state index in [0.717, 1.165) is 43.9 Å². The molecule has 1 atom stereocenters. The molecule has 0 aliphatic carbocycles. The molecule has 1 saturated heterocycles. The van der Waals surface area contributed by atoms with E-state index in [1.807, 2.05) is 23.1 Å². The van der Waals surface area contributed by atoms with Gasteiger partial charge in [0.2, 0.25) is 0 Å². The Hall–Kier alpha value is -1.71. The van der Waals surface area contributed by atoms with E-state index >= 15 is 0 Å². The van der Waals surface area contributed by atoms with Crippen LogP contribution in [0, 0.1) is 5.92 Å². The van der Waals surface area contributed by atoms with Crippen molar-refractivity contribution in [3.05, 3.63) is 23.8 Å². The number of nitrogens with zero attached hydrogens (tertiary/aromatic N) is 2. The molecular formula is C17H27N3O. The number of benzene rings is 1. The Morgan fingerprint density at radius 3 is 2.71 bits per heavy atom. The van der Waals surface area contributed by atoms with Gasteiger partial charge in [-0.25, -0.2) is 0 Å². The highest BCUT2D eigenvalue weighted by atomic mass is 16.2. The Labute approximate surface area is 127 Å². The molecule has 116 valence electrons. The predicted molar refractivity (Wildman–Crippen MR) is 88.7 cm³/mol. The molecule has 1 aromatic carbocycles. The molecule has 1 fully saturated rings. The zero-order valence-corrected chi connectivity index (χ0v) is 13.4. The molecule has 4 heteroatoms. The van der Waals surface area contributed by atoms with E-state index in [0.29, 0.717) is 11.6 Å². The smallest absolute Gasteiger partial charge is 0.256 e. The van der Waals surface area contributed by atoms with Crippen molar-refractivity contribution < 1.29 is 4.79 Å². The number of piperidine rings is 1. The van der Waals surface area contributed by atoms with Gasteiger partial charge in [-0.2, -0.15) is 0 Å². The number of anilines is 2. The van der Waals surface area contributed by atoms with E-state index in [4.69, 9.17) is 5.73 Å². The highest BCUT2D eigenvalue weighted by Gasteiger charge is 2.25. The van der Waals surface area contributed by atoms with Gasteiger partial charge in [0.1, 0.15) is 0 Å². The summed E-state index contributed by atoms with van der Waals surface area (Å²) < 4.78 is 0. The number of carbonyl (C=O) groups excluding carboxylic acids is 1. The fourth-order valence-electron chi connectivity index (χ4n) is 3.11. The summed E-state index contributed by atoms with van der Waals surface area (Å²) in [4.78, 5) is 17.1. The highest BCUT2D eigenvalue weighted by Crippen LogP contribution is 2.26. The maximum absolute atomic E-state index is 12.9. The van der Waals surface area contributed by atoms with Crippen molar-refractivity contribution in [2.75, 3.05) is 36.8 Å². The number of likely N-dealkylation sites (tertiary alicyclic amines) is 1. The summed E-state index contributed by atoms with van der Waals surface area (Å²) >= 11 is 0. The lowest BCUT2D eigenvalue weighted by atomic mass is 9.99. The van der Waals surface area contributed by atoms with Crippen LogP contribution < -0.4 is 10.6 Å². The van der Waals surface area contributed by atoms with E-state index in [-0.39, 0.29) is 5.91 Å². The summed E-state index contributed by atoms with van der Waals surface area (Å²) in [6, 6.07) is 5.68. The quantitative estimate of drug-likeness (QED) is 0.867. The van der Waals surface area contributed by atoms with E-state index in [9.17, 15) is 4.79 Å². The number of nitrogen functional groups attached to an aromatic ring is 1. The molecule has 0 radical (unpaired) electrons. The van der Waals surface area contributed by atoms with Gasteiger partial charge in [-0.3, -0.25) is 4.79 Å². The van der Waals surface area contributed by atoms with Crippen LogP contribution in [-0.2, 0) is 0 Å². The van der Waals surface area contributed by atoms with Crippen LogP contribution in [0.3, 0.4) is 0 Å². The Balaban J connectivity index is 2.32. The number of carbonyl (C=O) groups is 1. The largest absolute Gasteiger partial charge is 0.399 e. The van der Waals surface area contributed by atoms with Gasteiger partial charge >= 0.3 is 0 Å². The maximum Gasteiger partial charge on any atom is 0.256 e. The van der Waals surface area contributed by atoms with Crippen molar-refractivity contribution in [3.8, 4) is 0 Å². The van der Waals surface area contributed by atoms with Crippen molar-refractivity contribution in [2.24, 2.45) is 5.92 Å². The van der Waals surface area contributed by atoms with Crippen molar-refractivity contribution in [2.45, 2.75) is 33.6 Å². The summed E-state index contributed by atoms with van der Waals surface area (Å²) in [5.74, 6) is 0.705. The fraction of sp³-hybridized carbons (Fsp3) is 0.588. The second-order valence-corrected chi connectivity index (χ2v) is 5.95. The van der Waals surface area contributed by atoms with Crippen molar-refractivity contribution in [3.63, 3.8) is 0 Å². The lowest BCUT2D eigenvalue weighted by Gasteiger charge is -2.32. The third-order valence-corrected chi connectivity index (χ3v) is 4.30. The minimum Gasteiger partial charge on any atom is -0.399 e. The highest BCUT2D eigenvalue weighted by molar-refractivity contribution is 6.00. The van der Waals surface area contributed by atoms with Crippen molar-refractivity contribution in [1.29, 1.82) is 0 Å². The third kappa shape index (κ3) is 3.49. The summed E-state index contributed by atoms with van der Waals surface area (Å²) in [7, 11) is 0. The van der Waals surface area contributed by atoms with Crippen LogP contribution in [0.2, 0.25) is 0 Å². The Kier molecular flexibility index (Phi) is 5.10. The first-order chi connectivity index (χ1) is 10.1. The zero-order valence-electron chi connectivity index (χ0n) is 13.4. The van der Waals surface area contributed by atoms with Gasteiger partial charge in [0.25, 0.3) is 5.91 Å². The fourth-order valence-corrected chi connectivity index (χ4v) is 3.11. The van der Waals surface area contributed by atoms with Crippen LogP contribution in [-0.4, -0.2) is 37.0 Å². The first kappa shape index (κ1) is 15.7. The molecule has 0 aromatic heterocycles. The lowest BCUT2D eigenvalue weighted by Crippen LogP contribution is -2.40. The van der Waals surface area contributed by atoms with E-state index in [1.54, 1.807) is 0 Å². The molecule has 2 N–H and O–H groups in total. The van der Waals surface area contributed by atoms with Crippen molar-refractivity contribution in [1.82, 2.24) is 4.90 Å². The van der Waals surface area contributed by atoms with Crippen LogP contribution in [0.4, 0.5) is 11.4 Å². The zero-order chi connectivity index (χ0) is 15.4. The first-order valence-corrected chi connectivity index (χ1v) is 8.00. The molecular weight excluding hydrogens is 262 g/mol. The summed E-state index contributed by atoms with van der Waals surface area (Å²) in [6.45, 7) is 9.91. The van der Waals surface area contributed by atoms with Gasteiger partial charge in [0.05, 0.1) is 5.56 Å². The second-order valence-electron chi connectivity index (χ2n) is 5.95. The van der Waals surface area contributed by atoms with Gasteiger partial charge in [0.15, 0.2) is 0 Å². The normalized spacial score (nSPS) is 18.6. The number of hydrogen-bond donors (Lipinski definition) is 1. The average Bonchev–Trinajstić information content (AvgIpc) is 2.49. The Morgan fingerprint density at radius 1 is 1.38 bits per heavy atom. The summed E-state index contributed by atoms with van der Waals surface area (Å²) in [5.41, 5.74) is 8.31. The molecule has 0 spiro atoms. The number of amides is 1. The van der Waals surface area contributed by atoms with Crippen LogP contribution in [0.15, 0.2) is 18.2 Å². The number of nitrogens with two attached hydrogens (primary N) is 1. The third-order valence-electron chi connectivity index (χ3n) is 4.30. The molecule has 1 amide bonds. The van der Waals surface area contributed by atoms with Gasteiger partial charge < -0.3 is 15.5 Å². The van der Waals surface area contributed by atoms with Crippen LogP contribution in [0.5, 0.6) is 0 Å². The van der Waals surface area contributed by atoms with Gasteiger partial charge in [-0.15, -0.1) is 0 Å². The molecule has 21 heavy (non-hydrogen) atoms. The molecule has 0 saturated carbocycles. The maximum atomic E-state index is 12.9. The molecule has 1 aromatic rings. The van der Waals surface area contributed by atoms with E-state index in [2.05, 4.69) is 25.7 Å². The Morgan fingerprint density at radius 2 is 2.10 bits per heavy atom. The monoisotopic (exact) mass is 289 g/mol. The Bertz CT molecular complexity index is 497. The van der Waals surface area contributed by atoms with Crippen molar-refractivity contribution >= 4 is 17.3 Å². The molecule has 0 bridgehead atoms. The summed E-state index contributed by atoms with van der Waals surface area (Å²) in [6.07, 6.45) is 2.30. The molecule has 1 aliphatic heterocycles.